The van der Waals surface area contributed by atoms with Gasteiger partial charge in [0.2, 0.25) is 5.75 Å². The molecule has 1 atom stereocenters. The monoisotopic (exact) mass is 379 g/mol. The van der Waals surface area contributed by atoms with E-state index >= 15 is 0 Å². The zero-order valence-corrected chi connectivity index (χ0v) is 17.1. The van der Waals surface area contributed by atoms with Gasteiger partial charge in [-0.1, -0.05) is 11.6 Å². The maximum atomic E-state index is 5.55. The molecule has 0 radical (unpaired) electrons. The van der Waals surface area contributed by atoms with E-state index in [1.54, 1.807) is 21.3 Å². The maximum absolute atomic E-state index is 5.55. The van der Waals surface area contributed by atoms with Crippen molar-refractivity contribution in [1.82, 2.24) is 9.78 Å². The second-order valence-electron chi connectivity index (χ2n) is 7.13. The van der Waals surface area contributed by atoms with Crippen LogP contribution < -0.4 is 19.5 Å². The fourth-order valence-corrected chi connectivity index (χ4v) is 3.96. The molecule has 1 N–H and O–H groups in total. The number of nitrogens with zero attached hydrogens (tertiary/aromatic N) is 2. The second kappa shape index (κ2) is 6.78. The zero-order chi connectivity index (χ0) is 20.0. The molecule has 4 rings (SSSR count). The molecule has 6 nitrogen and oxygen atoms in total. The Balaban J connectivity index is 1.92. The first-order chi connectivity index (χ1) is 13.5. The third kappa shape index (κ3) is 2.76. The first-order valence-electron chi connectivity index (χ1n) is 9.21. The van der Waals surface area contributed by atoms with Crippen LogP contribution in [0, 0.1) is 20.8 Å². The number of nitrogens with one attached hydrogen (secondary N) is 1. The number of anilines is 1. The standard InChI is InChI=1S/C22H25N3O3/c1-12-7-13(2)20-16(8-12)17-9-14(3)24-25(17)22(23-20)15-10-18(26-4)21(28-6)19(11-15)27-5/h7-11,22-23H,1-6H3/t22-/m0/s1. The van der Waals surface area contributed by atoms with Gasteiger partial charge in [0.1, 0.15) is 6.17 Å². The van der Waals surface area contributed by atoms with E-state index < -0.39 is 0 Å². The SMILES string of the molecule is COc1cc([C@H]2Nc3c(C)cc(C)cc3-c3cc(C)nn32)cc(OC)c1OC. The summed E-state index contributed by atoms with van der Waals surface area (Å²) in [6, 6.07) is 10.5. The van der Waals surface area contributed by atoms with Crippen LogP contribution in [-0.2, 0) is 0 Å². The van der Waals surface area contributed by atoms with Gasteiger partial charge in [0.25, 0.3) is 0 Å². The van der Waals surface area contributed by atoms with Crippen molar-refractivity contribution in [3.05, 3.63) is 52.7 Å². The number of rotatable bonds is 4. The van der Waals surface area contributed by atoms with Crippen LogP contribution in [0.25, 0.3) is 11.3 Å². The molecule has 1 aliphatic heterocycles. The normalized spacial score (nSPS) is 14.7. The van der Waals surface area contributed by atoms with Crippen molar-refractivity contribution in [2.24, 2.45) is 0 Å². The van der Waals surface area contributed by atoms with Crippen LogP contribution in [0.1, 0.15) is 28.6 Å². The quantitative estimate of drug-likeness (QED) is 0.725. The van der Waals surface area contributed by atoms with Gasteiger partial charge in [0, 0.05) is 16.8 Å². The minimum Gasteiger partial charge on any atom is -0.493 e. The summed E-state index contributed by atoms with van der Waals surface area (Å²) in [7, 11) is 4.86. The maximum Gasteiger partial charge on any atom is 0.203 e. The molecule has 0 spiro atoms. The van der Waals surface area contributed by atoms with Crippen LogP contribution in [-0.4, -0.2) is 31.1 Å². The van der Waals surface area contributed by atoms with Crippen LogP contribution in [0.2, 0.25) is 0 Å². The Morgan fingerprint density at radius 3 is 2.18 bits per heavy atom. The van der Waals surface area contributed by atoms with Crippen LogP contribution >= 0.6 is 0 Å². The van der Waals surface area contributed by atoms with Crippen LogP contribution in [0.15, 0.2) is 30.3 Å². The highest BCUT2D eigenvalue weighted by Crippen LogP contribution is 2.44. The minimum atomic E-state index is -0.189. The van der Waals surface area contributed by atoms with Crippen molar-refractivity contribution in [3.63, 3.8) is 0 Å². The topological polar surface area (TPSA) is 57.5 Å². The molecular formula is C22H25N3O3. The van der Waals surface area contributed by atoms with Gasteiger partial charge in [-0.3, -0.25) is 0 Å². The van der Waals surface area contributed by atoms with Crippen molar-refractivity contribution in [2.75, 3.05) is 26.6 Å². The average Bonchev–Trinajstić information content (AvgIpc) is 3.08. The van der Waals surface area contributed by atoms with Gasteiger partial charge in [-0.25, -0.2) is 4.68 Å². The molecule has 0 saturated carbocycles. The van der Waals surface area contributed by atoms with Crippen LogP contribution in [0.5, 0.6) is 17.2 Å². The Labute approximate surface area is 165 Å². The molecule has 1 aromatic heterocycles. The Kier molecular flexibility index (Phi) is 4.41. The highest BCUT2D eigenvalue weighted by Gasteiger charge is 2.29. The summed E-state index contributed by atoms with van der Waals surface area (Å²) in [6.07, 6.45) is -0.189. The lowest BCUT2D eigenvalue weighted by Gasteiger charge is -2.31. The Morgan fingerprint density at radius 1 is 0.893 bits per heavy atom. The highest BCUT2D eigenvalue weighted by atomic mass is 16.5. The van der Waals surface area contributed by atoms with Gasteiger partial charge in [-0.05, 0) is 50.6 Å². The molecule has 2 heterocycles. The van der Waals surface area contributed by atoms with Crippen molar-refractivity contribution in [3.8, 4) is 28.5 Å². The van der Waals surface area contributed by atoms with Crippen molar-refractivity contribution in [2.45, 2.75) is 26.9 Å². The Morgan fingerprint density at radius 2 is 1.57 bits per heavy atom. The van der Waals surface area contributed by atoms with Gasteiger partial charge in [0.15, 0.2) is 11.5 Å². The number of benzene rings is 2. The fourth-order valence-electron chi connectivity index (χ4n) is 3.96. The molecular weight excluding hydrogens is 354 g/mol. The number of methoxy groups -OCH3 is 3. The summed E-state index contributed by atoms with van der Waals surface area (Å²) in [5.74, 6) is 1.82. The predicted molar refractivity (Wildman–Crippen MR) is 110 cm³/mol. The summed E-state index contributed by atoms with van der Waals surface area (Å²) in [6.45, 7) is 6.26. The molecule has 1 aliphatic rings. The fraction of sp³-hybridized carbons (Fsp3) is 0.318. The van der Waals surface area contributed by atoms with Gasteiger partial charge < -0.3 is 19.5 Å². The van der Waals surface area contributed by atoms with Crippen molar-refractivity contribution >= 4 is 5.69 Å². The molecule has 2 aromatic carbocycles. The van der Waals surface area contributed by atoms with Gasteiger partial charge in [0.05, 0.1) is 32.7 Å². The summed E-state index contributed by atoms with van der Waals surface area (Å²) >= 11 is 0. The molecule has 0 fully saturated rings. The highest BCUT2D eigenvalue weighted by molar-refractivity contribution is 5.82. The van der Waals surface area contributed by atoms with E-state index in [0.29, 0.717) is 17.2 Å². The predicted octanol–water partition coefficient (Wildman–Crippen LogP) is 4.47. The van der Waals surface area contributed by atoms with Gasteiger partial charge in [-0.15, -0.1) is 0 Å². The molecule has 146 valence electrons. The summed E-state index contributed by atoms with van der Waals surface area (Å²) in [5, 5.41) is 8.43. The molecule has 0 saturated heterocycles. The smallest absolute Gasteiger partial charge is 0.203 e. The van der Waals surface area contributed by atoms with E-state index in [1.807, 2.05) is 23.7 Å². The molecule has 6 heteroatoms. The number of aryl methyl sites for hydroxylation is 3. The Hall–Kier alpha value is -3.15. The van der Waals surface area contributed by atoms with E-state index in [4.69, 9.17) is 19.3 Å². The number of ether oxygens (including phenoxy) is 3. The van der Waals surface area contributed by atoms with E-state index in [-0.39, 0.29) is 6.17 Å². The number of hydrogen-bond acceptors (Lipinski definition) is 5. The zero-order valence-electron chi connectivity index (χ0n) is 17.1. The first-order valence-corrected chi connectivity index (χ1v) is 9.21. The van der Waals surface area contributed by atoms with E-state index in [9.17, 15) is 0 Å². The number of hydrogen-bond donors (Lipinski definition) is 1. The Bertz CT molecular complexity index is 1030. The summed E-state index contributed by atoms with van der Waals surface area (Å²) < 4.78 is 18.6. The molecule has 3 aromatic rings. The molecule has 0 amide bonds. The molecule has 28 heavy (non-hydrogen) atoms. The summed E-state index contributed by atoms with van der Waals surface area (Å²) in [5.41, 5.74) is 7.77. The van der Waals surface area contributed by atoms with E-state index in [0.717, 1.165) is 22.6 Å². The average molecular weight is 379 g/mol. The molecule has 0 unspecified atom stereocenters. The number of aromatic nitrogens is 2. The third-order valence-electron chi connectivity index (χ3n) is 5.14. The first kappa shape index (κ1) is 18.2. The van der Waals surface area contributed by atoms with Crippen LogP contribution in [0.4, 0.5) is 5.69 Å². The lowest BCUT2D eigenvalue weighted by Crippen LogP contribution is -2.26. The minimum absolute atomic E-state index is 0.189. The lowest BCUT2D eigenvalue weighted by atomic mass is 9.98. The third-order valence-corrected chi connectivity index (χ3v) is 5.14. The summed E-state index contributed by atoms with van der Waals surface area (Å²) in [4.78, 5) is 0. The molecule has 0 aliphatic carbocycles. The van der Waals surface area contributed by atoms with E-state index in [1.165, 1.54) is 16.7 Å². The van der Waals surface area contributed by atoms with Gasteiger partial charge >= 0.3 is 0 Å². The molecule has 0 bridgehead atoms. The second-order valence-corrected chi connectivity index (χ2v) is 7.13. The lowest BCUT2D eigenvalue weighted by molar-refractivity contribution is 0.323. The van der Waals surface area contributed by atoms with Crippen molar-refractivity contribution < 1.29 is 14.2 Å². The number of fused-ring (bicyclic) bond motifs is 3. The van der Waals surface area contributed by atoms with Crippen molar-refractivity contribution in [1.29, 1.82) is 0 Å². The van der Waals surface area contributed by atoms with E-state index in [2.05, 4.69) is 37.4 Å². The largest absolute Gasteiger partial charge is 0.493 e. The van der Waals surface area contributed by atoms with Crippen LogP contribution in [0.3, 0.4) is 0 Å². The van der Waals surface area contributed by atoms with Gasteiger partial charge in [-0.2, -0.15) is 5.10 Å².